The maximum absolute atomic E-state index is 4.54. The number of aromatic nitrogens is 1. The summed E-state index contributed by atoms with van der Waals surface area (Å²) in [4.78, 5) is 8.19. The van der Waals surface area contributed by atoms with Gasteiger partial charge in [-0.3, -0.25) is 4.99 Å². The molecule has 0 saturated heterocycles. The van der Waals surface area contributed by atoms with Crippen molar-refractivity contribution >= 4 is 16.6 Å². The number of fused-ring (bicyclic) bond motifs is 3. The highest BCUT2D eigenvalue weighted by atomic mass is 14.8. The van der Waals surface area contributed by atoms with Crippen LogP contribution in [-0.2, 0) is 5.41 Å². The quantitative estimate of drug-likeness (QED) is 0.774. The average molecular weight is 266 g/mol. The molecule has 0 fully saturated rings. The van der Waals surface area contributed by atoms with Crippen LogP contribution in [0.3, 0.4) is 0 Å². The molecule has 1 aliphatic rings. The van der Waals surface area contributed by atoms with Crippen molar-refractivity contribution in [1.29, 1.82) is 0 Å². The summed E-state index contributed by atoms with van der Waals surface area (Å²) in [6, 6.07) is 6.62. The van der Waals surface area contributed by atoms with Gasteiger partial charge in [-0.1, -0.05) is 24.6 Å². The first-order chi connectivity index (χ1) is 9.59. The lowest BCUT2D eigenvalue weighted by atomic mass is 9.72. The van der Waals surface area contributed by atoms with Crippen molar-refractivity contribution in [3.63, 3.8) is 0 Å². The van der Waals surface area contributed by atoms with Gasteiger partial charge in [0.05, 0.1) is 0 Å². The zero-order valence-electron chi connectivity index (χ0n) is 12.6. The Morgan fingerprint density at radius 3 is 2.95 bits per heavy atom. The van der Waals surface area contributed by atoms with Crippen LogP contribution >= 0.6 is 0 Å². The Morgan fingerprint density at radius 2 is 2.25 bits per heavy atom. The first kappa shape index (κ1) is 13.2. The zero-order chi connectivity index (χ0) is 14.3. The Hall–Kier alpha value is -1.83. The molecular weight excluding hydrogens is 244 g/mol. The summed E-state index contributed by atoms with van der Waals surface area (Å²) in [7, 11) is 1.91. The van der Waals surface area contributed by atoms with Crippen molar-refractivity contribution < 1.29 is 0 Å². The van der Waals surface area contributed by atoms with Crippen LogP contribution in [-0.4, -0.2) is 17.7 Å². The first-order valence-corrected chi connectivity index (χ1v) is 7.29. The number of hydrogen-bond donors (Lipinski definition) is 1. The van der Waals surface area contributed by atoms with Crippen molar-refractivity contribution in [3.8, 4) is 0 Å². The number of aryl methyl sites for hydroxylation is 1. The predicted octanol–water partition coefficient (Wildman–Crippen LogP) is 4.52. The van der Waals surface area contributed by atoms with Crippen LogP contribution < -0.4 is 0 Å². The molecule has 1 N–H and O–H groups in total. The van der Waals surface area contributed by atoms with Crippen molar-refractivity contribution in [2.75, 3.05) is 7.05 Å². The molecule has 0 bridgehead atoms. The fourth-order valence-electron chi connectivity index (χ4n) is 3.45. The predicted molar refractivity (Wildman–Crippen MR) is 86.9 cm³/mol. The van der Waals surface area contributed by atoms with E-state index < -0.39 is 0 Å². The third-order valence-corrected chi connectivity index (χ3v) is 4.62. The molecule has 1 aromatic carbocycles. The van der Waals surface area contributed by atoms with Crippen molar-refractivity contribution in [3.05, 3.63) is 47.7 Å². The molecule has 1 unspecified atom stereocenters. The topological polar surface area (TPSA) is 28.1 Å². The molecule has 0 spiro atoms. The van der Waals surface area contributed by atoms with E-state index in [0.29, 0.717) is 0 Å². The number of hydrogen-bond acceptors (Lipinski definition) is 1. The monoisotopic (exact) mass is 266 g/mol. The summed E-state index contributed by atoms with van der Waals surface area (Å²) < 4.78 is 0. The van der Waals surface area contributed by atoms with Gasteiger partial charge in [0.15, 0.2) is 0 Å². The van der Waals surface area contributed by atoms with E-state index in [1.165, 1.54) is 33.4 Å². The lowest BCUT2D eigenvalue weighted by molar-refractivity contribution is 0.429. The Morgan fingerprint density at radius 1 is 1.45 bits per heavy atom. The van der Waals surface area contributed by atoms with Gasteiger partial charge in [0.25, 0.3) is 0 Å². The number of nitrogens with one attached hydrogen (secondary N) is 1. The van der Waals surface area contributed by atoms with Crippen LogP contribution in [0.4, 0.5) is 0 Å². The zero-order valence-corrected chi connectivity index (χ0v) is 12.6. The van der Waals surface area contributed by atoms with Gasteiger partial charge in [-0.25, -0.2) is 0 Å². The van der Waals surface area contributed by atoms with E-state index in [0.717, 1.165) is 19.3 Å². The molecular formula is C18H22N2. The van der Waals surface area contributed by atoms with Gasteiger partial charge in [-0.05, 0) is 38.3 Å². The number of aromatic amines is 1. The van der Waals surface area contributed by atoms with E-state index in [2.05, 4.69) is 48.6 Å². The first-order valence-electron chi connectivity index (χ1n) is 7.29. The van der Waals surface area contributed by atoms with Gasteiger partial charge in [0.1, 0.15) is 0 Å². The third-order valence-electron chi connectivity index (χ3n) is 4.62. The standard InChI is InChI=1S/C18H22N2/c1-5-9-18(3)10-8-15(19-4)16-13-11-12(2)6-7-14(13)20-17(16)18/h5-7,11,20H,1,8-10H2,2-4H3. The van der Waals surface area contributed by atoms with Gasteiger partial charge >= 0.3 is 0 Å². The second kappa shape index (κ2) is 4.62. The van der Waals surface area contributed by atoms with E-state index in [1.54, 1.807) is 0 Å². The van der Waals surface area contributed by atoms with Gasteiger partial charge in [-0.15, -0.1) is 6.58 Å². The van der Waals surface area contributed by atoms with Crippen LogP contribution in [0.25, 0.3) is 10.9 Å². The summed E-state index contributed by atoms with van der Waals surface area (Å²) >= 11 is 0. The molecule has 2 heteroatoms. The molecule has 0 amide bonds. The number of benzene rings is 1. The smallest absolute Gasteiger partial charge is 0.0463 e. The molecule has 0 radical (unpaired) electrons. The van der Waals surface area contributed by atoms with Crippen molar-refractivity contribution in [1.82, 2.24) is 4.98 Å². The Kier molecular flexibility index (Phi) is 3.04. The summed E-state index contributed by atoms with van der Waals surface area (Å²) in [5.41, 5.74) is 6.58. The van der Waals surface area contributed by atoms with Crippen LogP contribution in [0.15, 0.2) is 35.8 Å². The summed E-state index contributed by atoms with van der Waals surface area (Å²) in [5.74, 6) is 0. The van der Waals surface area contributed by atoms with Crippen LogP contribution in [0, 0.1) is 6.92 Å². The molecule has 0 aliphatic heterocycles. The van der Waals surface area contributed by atoms with Crippen LogP contribution in [0.2, 0.25) is 0 Å². The largest absolute Gasteiger partial charge is 0.357 e. The van der Waals surface area contributed by atoms with Gasteiger partial charge in [0.2, 0.25) is 0 Å². The average Bonchev–Trinajstić information content (AvgIpc) is 2.80. The van der Waals surface area contributed by atoms with E-state index in [9.17, 15) is 0 Å². The Balaban J connectivity index is 2.33. The van der Waals surface area contributed by atoms with Crippen molar-refractivity contribution in [2.45, 2.75) is 38.5 Å². The molecule has 1 atom stereocenters. The van der Waals surface area contributed by atoms with Crippen LogP contribution in [0.1, 0.15) is 43.0 Å². The van der Waals surface area contributed by atoms with E-state index in [-0.39, 0.29) is 5.41 Å². The molecule has 1 aliphatic carbocycles. The maximum atomic E-state index is 4.54. The fourth-order valence-corrected chi connectivity index (χ4v) is 3.45. The molecule has 1 heterocycles. The Labute approximate surface area is 120 Å². The van der Waals surface area contributed by atoms with Gasteiger partial charge in [0, 0.05) is 40.3 Å². The molecule has 2 nitrogen and oxygen atoms in total. The second-order valence-corrected chi connectivity index (χ2v) is 6.15. The summed E-state index contributed by atoms with van der Waals surface area (Å²) in [5, 5.41) is 1.32. The van der Waals surface area contributed by atoms with Crippen LogP contribution in [0.5, 0.6) is 0 Å². The number of H-pyrrole nitrogens is 1. The highest BCUT2D eigenvalue weighted by Gasteiger charge is 2.36. The minimum atomic E-state index is 0.151. The van der Waals surface area contributed by atoms with E-state index in [4.69, 9.17) is 0 Å². The SMILES string of the molecule is C=CCC1(C)CCC(=NC)c2c1[nH]c1ccc(C)cc21. The summed E-state index contributed by atoms with van der Waals surface area (Å²) in [6.45, 7) is 8.42. The molecule has 2 aromatic rings. The second-order valence-electron chi connectivity index (χ2n) is 6.15. The number of rotatable bonds is 2. The van der Waals surface area contributed by atoms with E-state index >= 15 is 0 Å². The highest BCUT2D eigenvalue weighted by molar-refractivity contribution is 6.13. The molecule has 20 heavy (non-hydrogen) atoms. The Bertz CT molecular complexity index is 706. The summed E-state index contributed by atoms with van der Waals surface area (Å²) in [6.07, 6.45) is 5.22. The van der Waals surface area contributed by atoms with Crippen molar-refractivity contribution in [2.24, 2.45) is 4.99 Å². The number of allylic oxidation sites excluding steroid dienone is 1. The fraction of sp³-hybridized carbons (Fsp3) is 0.389. The minimum Gasteiger partial charge on any atom is -0.357 e. The van der Waals surface area contributed by atoms with Gasteiger partial charge < -0.3 is 4.98 Å². The van der Waals surface area contributed by atoms with Gasteiger partial charge in [-0.2, -0.15) is 0 Å². The lowest BCUT2D eigenvalue weighted by Gasteiger charge is -2.33. The number of aliphatic imine (C=N–C) groups is 1. The molecule has 1 aromatic heterocycles. The molecule has 104 valence electrons. The normalized spacial score (nSPS) is 24.1. The minimum absolute atomic E-state index is 0.151. The number of nitrogens with zero attached hydrogens (tertiary/aromatic N) is 1. The third kappa shape index (κ3) is 1.82. The highest BCUT2D eigenvalue weighted by Crippen LogP contribution is 2.42. The maximum Gasteiger partial charge on any atom is 0.0463 e. The van der Waals surface area contributed by atoms with E-state index in [1.807, 2.05) is 13.1 Å². The molecule has 3 rings (SSSR count). The lowest BCUT2D eigenvalue weighted by Crippen LogP contribution is -2.30. The molecule has 0 saturated carbocycles.